The van der Waals surface area contributed by atoms with E-state index in [-0.39, 0.29) is 28.6 Å². The lowest BCUT2D eigenvalue weighted by Crippen LogP contribution is -2.16. The van der Waals surface area contributed by atoms with Gasteiger partial charge in [0.15, 0.2) is 5.05 Å². The first-order valence-electron chi connectivity index (χ1n) is 7.16. The van der Waals surface area contributed by atoms with E-state index in [1.165, 1.54) is 12.1 Å². The van der Waals surface area contributed by atoms with E-state index in [9.17, 15) is 9.18 Å². The highest BCUT2D eigenvalue weighted by molar-refractivity contribution is 7.80. The molecule has 0 spiro atoms. The van der Waals surface area contributed by atoms with Crippen molar-refractivity contribution >= 4 is 40.5 Å². The van der Waals surface area contributed by atoms with Crippen LogP contribution in [0.3, 0.4) is 0 Å². The van der Waals surface area contributed by atoms with Gasteiger partial charge in [-0.2, -0.15) is 0 Å². The van der Waals surface area contributed by atoms with E-state index in [1.807, 2.05) is 27.7 Å². The largest absolute Gasteiger partial charge is 0.484 e. The van der Waals surface area contributed by atoms with Crippen LogP contribution in [0, 0.1) is 11.7 Å². The summed E-state index contributed by atoms with van der Waals surface area (Å²) < 4.78 is 19.3. The number of halogens is 2. The maximum Gasteiger partial charge on any atom is 0.224 e. The summed E-state index contributed by atoms with van der Waals surface area (Å²) in [6, 6.07) is 2.69. The third-order valence-electron chi connectivity index (χ3n) is 2.71. The van der Waals surface area contributed by atoms with Crippen LogP contribution in [0.4, 0.5) is 10.1 Å². The van der Waals surface area contributed by atoms with Gasteiger partial charge in [-0.15, -0.1) is 0 Å². The Labute approximate surface area is 141 Å². The minimum atomic E-state index is -0.568. The van der Waals surface area contributed by atoms with Gasteiger partial charge < -0.3 is 10.1 Å². The molecule has 0 radical (unpaired) electrons. The Morgan fingerprint density at radius 3 is 2.55 bits per heavy atom. The zero-order valence-electron chi connectivity index (χ0n) is 13.2. The quantitative estimate of drug-likeness (QED) is 0.755. The second-order valence-corrected chi connectivity index (χ2v) is 6.65. The monoisotopic (exact) mass is 345 g/mol. The highest BCUT2D eigenvalue weighted by Crippen LogP contribution is 2.25. The van der Waals surface area contributed by atoms with Crippen molar-refractivity contribution in [3.05, 3.63) is 28.5 Å². The molecular formula is C16H21ClFNO2S. The van der Waals surface area contributed by atoms with Crippen LogP contribution in [-0.2, 0) is 16.0 Å². The molecule has 0 aliphatic carbocycles. The number of carbonyl (C=O) groups is 1. The molecule has 0 saturated heterocycles. The van der Waals surface area contributed by atoms with Crippen molar-refractivity contribution in [2.24, 2.45) is 5.92 Å². The van der Waals surface area contributed by atoms with Crippen molar-refractivity contribution in [2.75, 3.05) is 5.32 Å². The van der Waals surface area contributed by atoms with Gasteiger partial charge >= 0.3 is 0 Å². The molecule has 0 saturated carbocycles. The number of nitrogens with one attached hydrogen (secondary N) is 1. The Morgan fingerprint density at radius 1 is 1.36 bits per heavy atom. The molecule has 3 nitrogen and oxygen atoms in total. The number of amides is 1. The summed E-state index contributed by atoms with van der Waals surface area (Å²) in [5.74, 6) is -0.605. The van der Waals surface area contributed by atoms with Crippen molar-refractivity contribution in [3.8, 4) is 0 Å². The zero-order valence-corrected chi connectivity index (χ0v) is 14.8. The fraction of sp³-hybridized carbons (Fsp3) is 0.500. The fourth-order valence-electron chi connectivity index (χ4n) is 1.86. The summed E-state index contributed by atoms with van der Waals surface area (Å²) in [6.45, 7) is 7.59. The van der Waals surface area contributed by atoms with Crippen molar-refractivity contribution in [2.45, 2.75) is 46.6 Å². The number of thiocarbonyl (C=S) groups is 1. The average molecular weight is 346 g/mol. The molecule has 0 bridgehead atoms. The molecule has 0 heterocycles. The molecule has 0 fully saturated rings. The van der Waals surface area contributed by atoms with Crippen molar-refractivity contribution < 1.29 is 13.9 Å². The standard InChI is InChI=1S/C16H21ClFNO2S/c1-9(2)5-15(20)19-14-6-11(12(17)8-13(14)18)7-16(22)21-10(3)4/h6,8-10H,5,7H2,1-4H3,(H,19,20). The lowest BCUT2D eigenvalue weighted by atomic mass is 10.1. The van der Waals surface area contributed by atoms with Gasteiger partial charge in [0.05, 0.1) is 11.8 Å². The van der Waals surface area contributed by atoms with Crippen LogP contribution in [0.15, 0.2) is 12.1 Å². The maximum absolute atomic E-state index is 13.9. The van der Waals surface area contributed by atoms with Gasteiger partial charge in [0.2, 0.25) is 5.91 Å². The van der Waals surface area contributed by atoms with E-state index in [2.05, 4.69) is 5.32 Å². The number of hydrogen-bond acceptors (Lipinski definition) is 3. The van der Waals surface area contributed by atoms with Crippen molar-refractivity contribution in [1.82, 2.24) is 0 Å². The van der Waals surface area contributed by atoms with E-state index in [4.69, 9.17) is 28.6 Å². The van der Waals surface area contributed by atoms with E-state index in [0.717, 1.165) is 0 Å². The molecule has 122 valence electrons. The van der Waals surface area contributed by atoms with Crippen LogP contribution in [0.5, 0.6) is 0 Å². The molecule has 6 heteroatoms. The molecular weight excluding hydrogens is 325 g/mol. The number of benzene rings is 1. The van der Waals surface area contributed by atoms with Gasteiger partial charge in [-0.25, -0.2) is 4.39 Å². The summed E-state index contributed by atoms with van der Waals surface area (Å²) in [5, 5.41) is 3.20. The first kappa shape index (κ1) is 18.8. The van der Waals surface area contributed by atoms with Gasteiger partial charge in [0, 0.05) is 17.9 Å². The average Bonchev–Trinajstić information content (AvgIpc) is 2.33. The Hall–Kier alpha value is -1.20. The minimum Gasteiger partial charge on any atom is -0.484 e. The lowest BCUT2D eigenvalue weighted by Gasteiger charge is -2.14. The normalized spacial score (nSPS) is 10.9. The maximum atomic E-state index is 13.9. The third-order valence-corrected chi connectivity index (χ3v) is 3.30. The Morgan fingerprint density at radius 2 is 2.00 bits per heavy atom. The summed E-state index contributed by atoms with van der Waals surface area (Å²) >= 11 is 11.2. The second-order valence-electron chi connectivity index (χ2n) is 5.79. The molecule has 1 aromatic rings. The molecule has 0 atom stereocenters. The molecule has 22 heavy (non-hydrogen) atoms. The molecule has 1 amide bonds. The number of anilines is 1. The van der Waals surface area contributed by atoms with E-state index in [1.54, 1.807) is 0 Å². The van der Waals surface area contributed by atoms with Crippen LogP contribution in [-0.4, -0.2) is 17.1 Å². The number of hydrogen-bond donors (Lipinski definition) is 1. The van der Waals surface area contributed by atoms with Crippen LogP contribution in [0.25, 0.3) is 0 Å². The summed E-state index contributed by atoms with van der Waals surface area (Å²) in [4.78, 5) is 11.8. The van der Waals surface area contributed by atoms with Gasteiger partial charge in [-0.05, 0) is 49.7 Å². The third kappa shape index (κ3) is 6.28. The fourth-order valence-corrected chi connectivity index (χ4v) is 2.42. The van der Waals surface area contributed by atoms with Gasteiger partial charge in [0.25, 0.3) is 0 Å². The summed E-state index contributed by atoms with van der Waals surface area (Å²) in [6.07, 6.45) is 0.586. The highest BCUT2D eigenvalue weighted by Gasteiger charge is 2.14. The SMILES string of the molecule is CC(C)CC(=O)Nc1cc(CC(=S)OC(C)C)c(Cl)cc1F. The van der Waals surface area contributed by atoms with Crippen LogP contribution >= 0.6 is 23.8 Å². The van der Waals surface area contributed by atoms with E-state index in [0.29, 0.717) is 23.5 Å². The summed E-state index contributed by atoms with van der Waals surface area (Å²) in [5.41, 5.74) is 0.728. The van der Waals surface area contributed by atoms with Crippen LogP contribution in [0.2, 0.25) is 5.02 Å². The van der Waals surface area contributed by atoms with E-state index >= 15 is 0 Å². The predicted molar refractivity (Wildman–Crippen MR) is 92.0 cm³/mol. The number of ether oxygens (including phenoxy) is 1. The van der Waals surface area contributed by atoms with Crippen molar-refractivity contribution in [3.63, 3.8) is 0 Å². The molecule has 0 aromatic heterocycles. The first-order valence-corrected chi connectivity index (χ1v) is 7.95. The van der Waals surface area contributed by atoms with Crippen LogP contribution < -0.4 is 5.32 Å². The molecule has 1 N–H and O–H groups in total. The topological polar surface area (TPSA) is 38.3 Å². The Balaban J connectivity index is 2.89. The molecule has 0 aliphatic rings. The number of rotatable bonds is 6. The van der Waals surface area contributed by atoms with Gasteiger partial charge in [-0.3, -0.25) is 4.79 Å². The zero-order chi connectivity index (χ0) is 16.9. The van der Waals surface area contributed by atoms with Crippen LogP contribution in [0.1, 0.15) is 39.7 Å². The molecule has 0 aliphatic heterocycles. The second kappa shape index (κ2) is 8.44. The first-order chi connectivity index (χ1) is 10.2. The smallest absolute Gasteiger partial charge is 0.224 e. The number of carbonyl (C=O) groups excluding carboxylic acids is 1. The van der Waals surface area contributed by atoms with Gasteiger partial charge in [0.1, 0.15) is 5.82 Å². The summed E-state index contributed by atoms with van der Waals surface area (Å²) in [7, 11) is 0. The Bertz CT molecular complexity index is 516. The Kier molecular flexibility index (Phi) is 7.23. The molecule has 0 unspecified atom stereocenters. The van der Waals surface area contributed by atoms with E-state index < -0.39 is 5.82 Å². The highest BCUT2D eigenvalue weighted by atomic mass is 35.5. The predicted octanol–water partition coefficient (Wildman–Crippen LogP) is 4.76. The minimum absolute atomic E-state index is 0.0306. The molecule has 1 rings (SSSR count). The van der Waals surface area contributed by atoms with Gasteiger partial charge in [-0.1, -0.05) is 25.4 Å². The lowest BCUT2D eigenvalue weighted by molar-refractivity contribution is -0.116. The molecule has 1 aromatic carbocycles. The van der Waals surface area contributed by atoms with Crippen molar-refractivity contribution in [1.29, 1.82) is 0 Å².